The molecule has 0 spiro atoms. The lowest BCUT2D eigenvalue weighted by Gasteiger charge is -2.15. The van der Waals surface area contributed by atoms with E-state index < -0.39 is 34.1 Å². The molecule has 30 heavy (non-hydrogen) atoms. The van der Waals surface area contributed by atoms with Gasteiger partial charge in [-0.2, -0.15) is 4.31 Å². The van der Waals surface area contributed by atoms with E-state index in [-0.39, 0.29) is 16.2 Å². The molecule has 1 saturated heterocycles. The molecule has 2 heterocycles. The Morgan fingerprint density at radius 1 is 1.13 bits per heavy atom. The van der Waals surface area contributed by atoms with Gasteiger partial charge in [0.15, 0.2) is 6.61 Å². The Labute approximate surface area is 173 Å². The van der Waals surface area contributed by atoms with Crippen LogP contribution >= 0.6 is 0 Å². The maximum atomic E-state index is 12.5. The van der Waals surface area contributed by atoms with Gasteiger partial charge >= 0.3 is 11.6 Å². The summed E-state index contributed by atoms with van der Waals surface area (Å²) in [6, 6.07) is 6.97. The standard InChI is InChI=1S/C20H22N2O7S/c1-13-11-18(24)29-14(2)19(13)20(25)28-12-17(23)21-15-5-7-16(8-6-15)30(26,27)22-9-3-4-10-22/h5-8,11H,3-4,9-10,12H2,1-2H3,(H,21,23). The highest BCUT2D eigenvalue weighted by atomic mass is 32.2. The van der Waals surface area contributed by atoms with Crippen LogP contribution in [0.2, 0.25) is 0 Å². The lowest BCUT2D eigenvalue weighted by atomic mass is 10.1. The van der Waals surface area contributed by atoms with Gasteiger partial charge in [0, 0.05) is 24.8 Å². The lowest BCUT2D eigenvalue weighted by Crippen LogP contribution is -2.27. The fourth-order valence-corrected chi connectivity index (χ4v) is 4.77. The fourth-order valence-electron chi connectivity index (χ4n) is 3.25. The van der Waals surface area contributed by atoms with Crippen molar-refractivity contribution >= 4 is 27.6 Å². The average Bonchev–Trinajstić information content (AvgIpc) is 3.22. The molecule has 1 aliphatic rings. The van der Waals surface area contributed by atoms with Crippen LogP contribution in [0, 0.1) is 13.8 Å². The monoisotopic (exact) mass is 434 g/mol. The number of nitrogens with zero attached hydrogens (tertiary/aromatic N) is 1. The molecule has 9 nitrogen and oxygen atoms in total. The molecule has 0 radical (unpaired) electrons. The van der Waals surface area contributed by atoms with Crippen LogP contribution in [0.15, 0.2) is 44.4 Å². The highest BCUT2D eigenvalue weighted by molar-refractivity contribution is 7.89. The number of anilines is 1. The third-order valence-electron chi connectivity index (χ3n) is 4.71. The van der Waals surface area contributed by atoms with E-state index in [1.807, 2.05) is 0 Å². The van der Waals surface area contributed by atoms with Crippen LogP contribution in [-0.2, 0) is 19.6 Å². The molecular formula is C20H22N2O7S. The van der Waals surface area contributed by atoms with Crippen molar-refractivity contribution in [1.82, 2.24) is 4.31 Å². The zero-order chi connectivity index (χ0) is 21.9. The van der Waals surface area contributed by atoms with Crippen molar-refractivity contribution in [2.24, 2.45) is 0 Å². The largest absolute Gasteiger partial charge is 0.452 e. The van der Waals surface area contributed by atoms with Crippen LogP contribution in [0.3, 0.4) is 0 Å². The molecule has 1 aliphatic heterocycles. The predicted molar refractivity (Wildman–Crippen MR) is 108 cm³/mol. The van der Waals surface area contributed by atoms with Crippen LogP contribution in [0.1, 0.15) is 34.5 Å². The summed E-state index contributed by atoms with van der Waals surface area (Å²) in [5.74, 6) is -1.26. The number of esters is 1. The van der Waals surface area contributed by atoms with E-state index >= 15 is 0 Å². The molecule has 1 aromatic carbocycles. The van der Waals surface area contributed by atoms with Gasteiger partial charge in [0.05, 0.1) is 4.90 Å². The van der Waals surface area contributed by atoms with Gasteiger partial charge in [-0.1, -0.05) is 0 Å². The van der Waals surface area contributed by atoms with Crippen molar-refractivity contribution in [2.75, 3.05) is 25.0 Å². The van der Waals surface area contributed by atoms with Gasteiger partial charge in [-0.05, 0) is 56.5 Å². The van der Waals surface area contributed by atoms with Crippen molar-refractivity contribution in [3.05, 3.63) is 57.6 Å². The molecule has 0 aliphatic carbocycles. The molecule has 160 valence electrons. The minimum Gasteiger partial charge on any atom is -0.452 e. The normalized spacial score (nSPS) is 14.5. The minimum absolute atomic E-state index is 0.0962. The van der Waals surface area contributed by atoms with Gasteiger partial charge in [-0.15, -0.1) is 0 Å². The Hall–Kier alpha value is -2.98. The van der Waals surface area contributed by atoms with Crippen molar-refractivity contribution in [2.45, 2.75) is 31.6 Å². The first-order chi connectivity index (χ1) is 14.2. The zero-order valence-electron chi connectivity index (χ0n) is 16.6. The SMILES string of the molecule is Cc1cc(=O)oc(C)c1C(=O)OCC(=O)Nc1ccc(S(=O)(=O)N2CCCC2)cc1. The maximum absolute atomic E-state index is 12.5. The second kappa shape index (κ2) is 8.80. The summed E-state index contributed by atoms with van der Waals surface area (Å²) in [5.41, 5.74) is 0.284. The van der Waals surface area contributed by atoms with Gasteiger partial charge < -0.3 is 14.5 Å². The third-order valence-corrected chi connectivity index (χ3v) is 6.63. The van der Waals surface area contributed by atoms with Crippen LogP contribution in [0.25, 0.3) is 0 Å². The number of hydrogen-bond donors (Lipinski definition) is 1. The third kappa shape index (κ3) is 4.77. The molecule has 10 heteroatoms. The average molecular weight is 434 g/mol. The summed E-state index contributed by atoms with van der Waals surface area (Å²) < 4.78 is 36.3. The van der Waals surface area contributed by atoms with E-state index in [0.29, 0.717) is 24.3 Å². The zero-order valence-corrected chi connectivity index (χ0v) is 17.5. The van der Waals surface area contributed by atoms with E-state index in [1.54, 1.807) is 6.92 Å². The van der Waals surface area contributed by atoms with Crippen molar-refractivity contribution < 1.29 is 27.2 Å². The van der Waals surface area contributed by atoms with Crippen LogP contribution < -0.4 is 10.9 Å². The maximum Gasteiger partial charge on any atom is 0.342 e. The molecule has 0 saturated carbocycles. The van der Waals surface area contributed by atoms with E-state index in [1.165, 1.54) is 41.6 Å². The van der Waals surface area contributed by atoms with Crippen LogP contribution in [0.5, 0.6) is 0 Å². The molecular weight excluding hydrogens is 412 g/mol. The number of amides is 1. The van der Waals surface area contributed by atoms with Crippen LogP contribution in [-0.4, -0.2) is 44.3 Å². The van der Waals surface area contributed by atoms with Gasteiger partial charge in [0.2, 0.25) is 10.0 Å². The van der Waals surface area contributed by atoms with Gasteiger partial charge in [0.1, 0.15) is 11.3 Å². The molecule has 1 fully saturated rings. The summed E-state index contributed by atoms with van der Waals surface area (Å²) >= 11 is 0. The first-order valence-electron chi connectivity index (χ1n) is 9.37. The number of benzene rings is 1. The minimum atomic E-state index is -3.53. The number of sulfonamides is 1. The molecule has 1 N–H and O–H groups in total. The molecule has 0 bridgehead atoms. The Balaban J connectivity index is 1.59. The number of ether oxygens (including phenoxy) is 1. The quantitative estimate of drug-likeness (QED) is 0.688. The first kappa shape index (κ1) is 21.7. The molecule has 3 rings (SSSR count). The first-order valence-corrected chi connectivity index (χ1v) is 10.8. The summed E-state index contributed by atoms with van der Waals surface area (Å²) in [6.45, 7) is 3.50. The molecule has 0 atom stereocenters. The number of hydrogen-bond acceptors (Lipinski definition) is 7. The second-order valence-corrected chi connectivity index (χ2v) is 8.88. The number of aryl methyl sites for hydroxylation is 2. The summed E-state index contributed by atoms with van der Waals surface area (Å²) in [6.07, 6.45) is 1.69. The lowest BCUT2D eigenvalue weighted by molar-refractivity contribution is -0.119. The Morgan fingerprint density at radius 2 is 1.77 bits per heavy atom. The summed E-state index contributed by atoms with van der Waals surface area (Å²) in [4.78, 5) is 35.7. The molecule has 2 aromatic rings. The van der Waals surface area contributed by atoms with Crippen LogP contribution in [0.4, 0.5) is 5.69 Å². The van der Waals surface area contributed by atoms with Gasteiger partial charge in [0.25, 0.3) is 5.91 Å². The smallest absolute Gasteiger partial charge is 0.342 e. The predicted octanol–water partition coefficient (Wildman–Crippen LogP) is 1.84. The van der Waals surface area contributed by atoms with Crippen molar-refractivity contribution in [1.29, 1.82) is 0 Å². The number of carbonyl (C=O) groups excluding carboxylic acids is 2. The number of nitrogens with one attached hydrogen (secondary N) is 1. The Morgan fingerprint density at radius 3 is 2.37 bits per heavy atom. The molecule has 1 amide bonds. The van der Waals surface area contributed by atoms with E-state index in [4.69, 9.17) is 9.15 Å². The summed E-state index contributed by atoms with van der Waals surface area (Å²) in [5, 5.41) is 2.54. The Bertz CT molecular complexity index is 1090. The molecule has 0 unspecified atom stereocenters. The topological polar surface area (TPSA) is 123 Å². The van der Waals surface area contributed by atoms with E-state index in [0.717, 1.165) is 12.8 Å². The number of carbonyl (C=O) groups is 2. The highest BCUT2D eigenvalue weighted by Gasteiger charge is 2.27. The van der Waals surface area contributed by atoms with Crippen molar-refractivity contribution in [3.63, 3.8) is 0 Å². The molecule has 1 aromatic heterocycles. The summed E-state index contributed by atoms with van der Waals surface area (Å²) in [7, 11) is -3.53. The van der Waals surface area contributed by atoms with Gasteiger partial charge in [-0.3, -0.25) is 4.79 Å². The Kier molecular flexibility index (Phi) is 6.37. The number of rotatable bonds is 6. The van der Waals surface area contributed by atoms with E-state index in [2.05, 4.69) is 5.32 Å². The van der Waals surface area contributed by atoms with Gasteiger partial charge in [-0.25, -0.2) is 18.0 Å². The van der Waals surface area contributed by atoms with Crippen molar-refractivity contribution in [3.8, 4) is 0 Å². The fraction of sp³-hybridized carbons (Fsp3) is 0.350. The second-order valence-electron chi connectivity index (χ2n) is 6.94. The highest BCUT2D eigenvalue weighted by Crippen LogP contribution is 2.22. The van der Waals surface area contributed by atoms with E-state index in [9.17, 15) is 22.8 Å².